The lowest BCUT2D eigenvalue weighted by Crippen LogP contribution is -2.26. The molecule has 0 spiro atoms. The van der Waals surface area contributed by atoms with Gasteiger partial charge >= 0.3 is 0 Å². The van der Waals surface area contributed by atoms with Gasteiger partial charge in [0.1, 0.15) is 29.4 Å². The number of rotatable bonds is 15. The van der Waals surface area contributed by atoms with Crippen molar-refractivity contribution in [1.29, 1.82) is 15.8 Å². The standard InChI is InChI=1S/C37H44N4O2S/c1-7-10-12-30-31(13-11-8-2)35(21-19-33-32(26-40)36(28(24-38)25-39)43-37(33,4)5)44-34(30)20-16-27-14-17-29(18-15-27)41(9-3)22-23-42-6/h14-21H,7-13,22-23H2,1-6H3. The summed E-state index contributed by atoms with van der Waals surface area (Å²) in [6.45, 7) is 12.8. The van der Waals surface area contributed by atoms with Crippen LogP contribution in [0.3, 0.4) is 0 Å². The fourth-order valence-corrected chi connectivity index (χ4v) is 6.55. The maximum atomic E-state index is 9.98. The maximum Gasteiger partial charge on any atom is 0.172 e. The summed E-state index contributed by atoms with van der Waals surface area (Å²) in [6.07, 6.45) is 14.9. The second kappa shape index (κ2) is 16.7. The number of benzene rings is 1. The Morgan fingerprint density at radius 2 is 1.50 bits per heavy atom. The molecule has 1 aliphatic heterocycles. The molecule has 2 aromatic rings. The second-order valence-electron chi connectivity index (χ2n) is 11.3. The average molecular weight is 609 g/mol. The smallest absolute Gasteiger partial charge is 0.172 e. The first-order chi connectivity index (χ1) is 21.3. The van der Waals surface area contributed by atoms with Gasteiger partial charge in [-0.05, 0) is 87.4 Å². The topological polar surface area (TPSA) is 93.1 Å². The predicted octanol–water partition coefficient (Wildman–Crippen LogP) is 9.02. The van der Waals surface area contributed by atoms with E-state index in [1.165, 1.54) is 26.6 Å². The third-order valence-electron chi connectivity index (χ3n) is 7.84. The van der Waals surface area contributed by atoms with Crippen molar-refractivity contribution in [2.24, 2.45) is 0 Å². The number of hydrogen-bond acceptors (Lipinski definition) is 7. The highest BCUT2D eigenvalue weighted by atomic mass is 32.1. The van der Waals surface area contributed by atoms with Gasteiger partial charge in [-0.3, -0.25) is 0 Å². The SMILES string of the molecule is CCCCc1c(C=CC2=C(C#N)C(=C(C#N)C#N)OC2(C)C)sc(C=Cc2ccc(N(CC)CCOC)cc2)c1CCCC. The number of nitriles is 3. The highest BCUT2D eigenvalue weighted by Gasteiger charge is 2.38. The van der Waals surface area contributed by atoms with E-state index in [1.807, 2.05) is 32.1 Å². The number of allylic oxidation sites excluding steroid dienone is 2. The number of ether oxygens (including phenoxy) is 2. The quantitative estimate of drug-likeness (QED) is 0.187. The molecule has 0 saturated heterocycles. The van der Waals surface area contributed by atoms with Crippen LogP contribution in [-0.2, 0) is 22.3 Å². The summed E-state index contributed by atoms with van der Waals surface area (Å²) < 4.78 is 11.2. The number of thiophene rings is 1. The lowest BCUT2D eigenvalue weighted by Gasteiger charge is -2.22. The third-order valence-corrected chi connectivity index (χ3v) is 9.04. The van der Waals surface area contributed by atoms with E-state index in [2.05, 4.69) is 74.2 Å². The minimum atomic E-state index is -0.840. The lowest BCUT2D eigenvalue weighted by atomic mass is 9.93. The number of methoxy groups -OCH3 is 1. The molecule has 3 rings (SSSR count). The van der Waals surface area contributed by atoms with Crippen molar-refractivity contribution in [1.82, 2.24) is 0 Å². The van der Waals surface area contributed by atoms with Crippen molar-refractivity contribution in [2.45, 2.75) is 78.7 Å². The molecule has 0 atom stereocenters. The van der Waals surface area contributed by atoms with Gasteiger partial charge in [-0.15, -0.1) is 11.3 Å². The van der Waals surface area contributed by atoms with Crippen LogP contribution < -0.4 is 4.90 Å². The molecule has 0 bridgehead atoms. The summed E-state index contributed by atoms with van der Waals surface area (Å²) >= 11 is 1.78. The number of hydrogen-bond donors (Lipinski definition) is 0. The Bertz CT molecular complexity index is 1520. The Morgan fingerprint density at radius 3 is 2.00 bits per heavy atom. The number of unbranched alkanes of at least 4 members (excludes halogenated alkanes) is 2. The number of nitrogens with zero attached hydrogens (tertiary/aromatic N) is 4. The Hall–Kier alpha value is -4.09. The molecule has 0 fully saturated rings. The summed E-state index contributed by atoms with van der Waals surface area (Å²) in [5, 5.41) is 28.8. The fraction of sp³-hybridized carbons (Fsp3) is 0.432. The Kier molecular flexibility index (Phi) is 13.0. The summed E-state index contributed by atoms with van der Waals surface area (Å²) in [5.41, 5.74) is 5.01. The van der Waals surface area contributed by atoms with Gasteiger partial charge in [-0.1, -0.05) is 51.0 Å². The van der Waals surface area contributed by atoms with E-state index in [0.717, 1.165) is 57.2 Å². The zero-order valence-corrected chi connectivity index (χ0v) is 27.8. The first-order valence-corrected chi connectivity index (χ1v) is 16.3. The molecule has 1 aromatic heterocycles. The Labute approximate surface area is 267 Å². The lowest BCUT2D eigenvalue weighted by molar-refractivity contribution is 0.0954. The van der Waals surface area contributed by atoms with Gasteiger partial charge in [-0.2, -0.15) is 15.8 Å². The molecule has 1 aromatic carbocycles. The second-order valence-corrected chi connectivity index (χ2v) is 12.3. The van der Waals surface area contributed by atoms with Crippen LogP contribution in [0.5, 0.6) is 0 Å². The summed E-state index contributed by atoms with van der Waals surface area (Å²) in [5.74, 6) is 0.0681. The molecule has 230 valence electrons. The van der Waals surface area contributed by atoms with Crippen LogP contribution in [0.1, 0.15) is 86.7 Å². The van der Waals surface area contributed by atoms with Crippen molar-refractivity contribution >= 4 is 35.3 Å². The van der Waals surface area contributed by atoms with Crippen LogP contribution in [0, 0.1) is 34.0 Å². The van der Waals surface area contributed by atoms with Gasteiger partial charge in [0, 0.05) is 41.2 Å². The molecule has 0 amide bonds. The zero-order chi connectivity index (χ0) is 32.1. The minimum absolute atomic E-state index is 0.0681. The Morgan fingerprint density at radius 1 is 0.909 bits per heavy atom. The minimum Gasteiger partial charge on any atom is -0.480 e. The molecular formula is C37H44N4O2S. The number of anilines is 1. The molecule has 44 heavy (non-hydrogen) atoms. The van der Waals surface area contributed by atoms with Crippen molar-refractivity contribution in [2.75, 3.05) is 31.7 Å². The first kappa shape index (κ1) is 34.4. The molecular weight excluding hydrogens is 565 g/mol. The third kappa shape index (κ3) is 8.29. The molecule has 0 saturated carbocycles. The molecule has 0 N–H and O–H groups in total. The monoisotopic (exact) mass is 608 g/mol. The number of likely N-dealkylation sites (N-methyl/N-ethyl adjacent to an activating group) is 1. The summed E-state index contributed by atoms with van der Waals surface area (Å²) in [6, 6.07) is 14.6. The molecule has 7 heteroatoms. The van der Waals surface area contributed by atoms with Crippen molar-refractivity contribution in [3.8, 4) is 18.2 Å². The summed E-state index contributed by atoms with van der Waals surface area (Å²) in [4.78, 5) is 4.74. The molecule has 2 heterocycles. The van der Waals surface area contributed by atoms with Gasteiger partial charge < -0.3 is 14.4 Å². The maximum absolute atomic E-state index is 9.98. The van der Waals surface area contributed by atoms with Crippen LogP contribution in [0.15, 0.2) is 52.8 Å². The molecule has 1 aliphatic rings. The van der Waals surface area contributed by atoms with Crippen LogP contribution in [-0.4, -0.2) is 32.4 Å². The van der Waals surface area contributed by atoms with Crippen LogP contribution in [0.2, 0.25) is 0 Å². The Balaban J connectivity index is 2.05. The normalized spacial score (nSPS) is 14.1. The van der Waals surface area contributed by atoms with Crippen molar-refractivity contribution in [3.05, 3.63) is 79.3 Å². The van der Waals surface area contributed by atoms with E-state index in [9.17, 15) is 15.8 Å². The van der Waals surface area contributed by atoms with E-state index < -0.39 is 5.60 Å². The largest absolute Gasteiger partial charge is 0.480 e. The van der Waals surface area contributed by atoms with Crippen LogP contribution in [0.25, 0.3) is 18.2 Å². The first-order valence-electron chi connectivity index (χ1n) is 15.5. The highest BCUT2D eigenvalue weighted by molar-refractivity contribution is 7.14. The van der Waals surface area contributed by atoms with E-state index in [-0.39, 0.29) is 16.9 Å². The molecule has 0 unspecified atom stereocenters. The van der Waals surface area contributed by atoms with E-state index in [1.54, 1.807) is 18.4 Å². The van der Waals surface area contributed by atoms with E-state index in [4.69, 9.17) is 9.47 Å². The van der Waals surface area contributed by atoms with Crippen molar-refractivity contribution in [3.63, 3.8) is 0 Å². The van der Waals surface area contributed by atoms with Crippen LogP contribution in [0.4, 0.5) is 5.69 Å². The summed E-state index contributed by atoms with van der Waals surface area (Å²) in [7, 11) is 1.73. The van der Waals surface area contributed by atoms with E-state index in [0.29, 0.717) is 12.2 Å². The highest BCUT2D eigenvalue weighted by Crippen LogP contribution is 2.41. The van der Waals surface area contributed by atoms with Gasteiger partial charge in [-0.25, -0.2) is 0 Å². The van der Waals surface area contributed by atoms with Gasteiger partial charge in [0.15, 0.2) is 11.3 Å². The van der Waals surface area contributed by atoms with Crippen LogP contribution >= 0.6 is 11.3 Å². The molecule has 0 radical (unpaired) electrons. The zero-order valence-electron chi connectivity index (χ0n) is 27.0. The molecule has 0 aliphatic carbocycles. The fourth-order valence-electron chi connectivity index (χ4n) is 5.34. The van der Waals surface area contributed by atoms with Gasteiger partial charge in [0.2, 0.25) is 0 Å². The van der Waals surface area contributed by atoms with Gasteiger partial charge in [0.25, 0.3) is 0 Å². The average Bonchev–Trinajstić information content (AvgIpc) is 3.49. The molecule has 6 nitrogen and oxygen atoms in total. The van der Waals surface area contributed by atoms with Gasteiger partial charge in [0.05, 0.1) is 6.61 Å². The van der Waals surface area contributed by atoms with E-state index >= 15 is 0 Å². The van der Waals surface area contributed by atoms with Crippen molar-refractivity contribution < 1.29 is 9.47 Å². The predicted molar refractivity (Wildman–Crippen MR) is 182 cm³/mol.